The van der Waals surface area contributed by atoms with Crippen molar-refractivity contribution in [2.45, 2.75) is 0 Å². The molecule has 10 rings (SSSR count). The van der Waals surface area contributed by atoms with Crippen molar-refractivity contribution in [2.24, 2.45) is 0 Å². The lowest BCUT2D eigenvalue weighted by Crippen LogP contribution is -2.11. The van der Waals surface area contributed by atoms with Gasteiger partial charge in [0.05, 0.1) is 16.7 Å². The molecule has 0 atom stereocenters. The van der Waals surface area contributed by atoms with Crippen LogP contribution in [0, 0.1) is 0 Å². The summed E-state index contributed by atoms with van der Waals surface area (Å²) in [6.45, 7) is 0. The molecular weight excluding hydrogens is 653 g/mol. The van der Waals surface area contributed by atoms with Crippen LogP contribution < -0.4 is 4.90 Å². The summed E-state index contributed by atoms with van der Waals surface area (Å²) < 4.78 is 2.42. The molecule has 0 amide bonds. The van der Waals surface area contributed by atoms with Crippen molar-refractivity contribution in [3.05, 3.63) is 218 Å². The molecule has 2 heteroatoms. The van der Waals surface area contributed by atoms with Gasteiger partial charge in [-0.1, -0.05) is 164 Å². The molecule has 1 heterocycles. The van der Waals surface area contributed by atoms with Crippen molar-refractivity contribution in [1.29, 1.82) is 0 Å². The third-order valence-electron chi connectivity index (χ3n) is 10.6. The van der Waals surface area contributed by atoms with Gasteiger partial charge < -0.3 is 9.47 Å². The normalized spacial score (nSPS) is 11.3. The molecule has 9 aromatic carbocycles. The maximum atomic E-state index is 2.46. The maximum absolute atomic E-state index is 2.46. The van der Waals surface area contributed by atoms with Gasteiger partial charge in [0.15, 0.2) is 0 Å². The number of hydrogen-bond acceptors (Lipinski definition) is 1. The molecule has 0 spiro atoms. The topological polar surface area (TPSA) is 8.17 Å². The van der Waals surface area contributed by atoms with E-state index in [1.807, 2.05) is 0 Å². The molecule has 10 aromatic rings. The third kappa shape index (κ3) is 5.44. The van der Waals surface area contributed by atoms with E-state index in [4.69, 9.17) is 0 Å². The average Bonchev–Trinajstić information content (AvgIpc) is 3.60. The van der Waals surface area contributed by atoms with E-state index in [0.717, 1.165) is 28.3 Å². The number of aromatic nitrogens is 1. The minimum absolute atomic E-state index is 1.09. The van der Waals surface area contributed by atoms with Crippen LogP contribution in [0.2, 0.25) is 0 Å². The molecule has 54 heavy (non-hydrogen) atoms. The zero-order valence-electron chi connectivity index (χ0n) is 29.7. The lowest BCUT2D eigenvalue weighted by molar-refractivity contribution is 1.18. The van der Waals surface area contributed by atoms with E-state index in [-0.39, 0.29) is 0 Å². The van der Waals surface area contributed by atoms with Crippen molar-refractivity contribution in [2.75, 3.05) is 4.90 Å². The van der Waals surface area contributed by atoms with Crippen LogP contribution in [-0.4, -0.2) is 4.57 Å². The molecule has 0 radical (unpaired) electrons. The number of nitrogens with zero attached hydrogens (tertiary/aromatic N) is 2. The second-order valence-corrected chi connectivity index (χ2v) is 13.7. The Balaban J connectivity index is 1.29. The fourth-order valence-corrected chi connectivity index (χ4v) is 8.16. The summed E-state index contributed by atoms with van der Waals surface area (Å²) in [7, 11) is 0. The molecule has 0 aliphatic carbocycles. The molecule has 0 bridgehead atoms. The molecule has 0 fully saturated rings. The Morgan fingerprint density at radius 2 is 0.852 bits per heavy atom. The van der Waals surface area contributed by atoms with E-state index in [9.17, 15) is 0 Å². The first-order valence-electron chi connectivity index (χ1n) is 18.5. The van der Waals surface area contributed by atoms with Crippen LogP contribution in [0.1, 0.15) is 0 Å². The van der Waals surface area contributed by atoms with Crippen molar-refractivity contribution in [3.8, 4) is 39.1 Å². The summed E-state index contributed by atoms with van der Waals surface area (Å²) in [5, 5.41) is 4.92. The summed E-state index contributed by atoms with van der Waals surface area (Å²) in [5.74, 6) is 0. The number of para-hydroxylation sites is 1. The van der Waals surface area contributed by atoms with Gasteiger partial charge in [-0.25, -0.2) is 0 Å². The Labute approximate surface area is 315 Å². The van der Waals surface area contributed by atoms with Crippen LogP contribution in [0.5, 0.6) is 0 Å². The van der Waals surface area contributed by atoms with Crippen LogP contribution in [0.4, 0.5) is 17.1 Å². The largest absolute Gasteiger partial charge is 0.310 e. The van der Waals surface area contributed by atoms with Crippen molar-refractivity contribution in [3.63, 3.8) is 0 Å². The molecule has 254 valence electrons. The second-order valence-electron chi connectivity index (χ2n) is 13.7. The minimum atomic E-state index is 1.09. The highest BCUT2D eigenvalue weighted by Crippen LogP contribution is 2.47. The summed E-state index contributed by atoms with van der Waals surface area (Å²) >= 11 is 0. The van der Waals surface area contributed by atoms with Crippen molar-refractivity contribution < 1.29 is 0 Å². The first-order valence-corrected chi connectivity index (χ1v) is 18.5. The first kappa shape index (κ1) is 31.6. The Hall–Kier alpha value is -7.16. The van der Waals surface area contributed by atoms with E-state index >= 15 is 0 Å². The van der Waals surface area contributed by atoms with Gasteiger partial charge in [-0.3, -0.25) is 0 Å². The summed E-state index contributed by atoms with van der Waals surface area (Å²) in [4.78, 5) is 2.46. The van der Waals surface area contributed by atoms with Gasteiger partial charge in [0.25, 0.3) is 0 Å². The van der Waals surface area contributed by atoms with Gasteiger partial charge in [0, 0.05) is 27.8 Å². The van der Waals surface area contributed by atoms with Gasteiger partial charge in [0.2, 0.25) is 0 Å². The highest BCUT2D eigenvalue weighted by atomic mass is 15.1. The molecule has 0 N–H and O–H groups in total. The van der Waals surface area contributed by atoms with E-state index in [0.29, 0.717) is 0 Å². The van der Waals surface area contributed by atoms with Crippen LogP contribution in [0.25, 0.3) is 71.6 Å². The lowest BCUT2D eigenvalue weighted by Gasteiger charge is -2.28. The Morgan fingerprint density at radius 1 is 0.333 bits per heavy atom. The monoisotopic (exact) mass is 688 g/mol. The molecule has 0 unspecified atom stereocenters. The van der Waals surface area contributed by atoms with Gasteiger partial charge >= 0.3 is 0 Å². The van der Waals surface area contributed by atoms with Crippen LogP contribution in [0.15, 0.2) is 218 Å². The maximum Gasteiger partial charge on any atom is 0.0562 e. The quantitative estimate of drug-likeness (QED) is 0.162. The van der Waals surface area contributed by atoms with Crippen LogP contribution in [-0.2, 0) is 0 Å². The van der Waals surface area contributed by atoms with Gasteiger partial charge in [0.1, 0.15) is 0 Å². The van der Waals surface area contributed by atoms with Crippen molar-refractivity contribution in [1.82, 2.24) is 4.57 Å². The van der Waals surface area contributed by atoms with E-state index in [1.165, 1.54) is 60.4 Å². The van der Waals surface area contributed by atoms with Crippen LogP contribution in [0.3, 0.4) is 0 Å². The molecule has 2 nitrogen and oxygen atoms in total. The number of benzene rings is 9. The predicted molar refractivity (Wildman–Crippen MR) is 229 cm³/mol. The van der Waals surface area contributed by atoms with Gasteiger partial charge in [-0.05, 0) is 98.8 Å². The Bertz CT molecular complexity index is 2920. The van der Waals surface area contributed by atoms with E-state index in [1.54, 1.807) is 0 Å². The SMILES string of the molecule is c1ccc(-c2cccc(N(c3cccc(-c4cccc5ccccc45)c3)c3cccc4c3c3c(-c5ccccc5)cccc3n4-c3ccccc3)c2)cc1. The highest BCUT2D eigenvalue weighted by Gasteiger charge is 2.23. The lowest BCUT2D eigenvalue weighted by atomic mass is 9.96. The second kappa shape index (κ2) is 13.4. The Kier molecular flexibility index (Phi) is 7.85. The zero-order valence-corrected chi connectivity index (χ0v) is 29.7. The standard InChI is InChI=1S/C52H36N2/c1-4-17-37(18-5-1)40-23-12-27-43(35-40)53(44-28-13-24-41(36-44)46-30-14-22-38-21-10-11-29-45(38)46)49-33-16-34-50-52(49)51-47(39-19-6-2-7-20-39)31-15-32-48(51)54(50)42-25-8-3-9-26-42/h1-36H. The summed E-state index contributed by atoms with van der Waals surface area (Å²) in [6.07, 6.45) is 0. The first-order chi connectivity index (χ1) is 26.8. The Morgan fingerprint density at radius 3 is 1.61 bits per heavy atom. The molecule has 0 saturated carbocycles. The van der Waals surface area contributed by atoms with Gasteiger partial charge in [-0.15, -0.1) is 0 Å². The number of fused-ring (bicyclic) bond motifs is 4. The number of anilines is 3. The fourth-order valence-electron chi connectivity index (χ4n) is 8.16. The zero-order chi connectivity index (χ0) is 35.8. The van der Waals surface area contributed by atoms with Gasteiger partial charge in [-0.2, -0.15) is 0 Å². The minimum Gasteiger partial charge on any atom is -0.310 e. The van der Waals surface area contributed by atoms with E-state index < -0.39 is 0 Å². The average molecular weight is 689 g/mol. The van der Waals surface area contributed by atoms with Crippen molar-refractivity contribution >= 4 is 49.6 Å². The fraction of sp³-hybridized carbons (Fsp3) is 0. The molecular formula is C52H36N2. The summed E-state index contributed by atoms with van der Waals surface area (Å²) in [5.41, 5.74) is 13.9. The molecule has 0 saturated heterocycles. The smallest absolute Gasteiger partial charge is 0.0562 e. The summed E-state index contributed by atoms with van der Waals surface area (Å²) in [6, 6.07) is 78.9. The highest BCUT2D eigenvalue weighted by molar-refractivity contribution is 6.21. The molecule has 0 aliphatic heterocycles. The number of hydrogen-bond donors (Lipinski definition) is 0. The van der Waals surface area contributed by atoms with Crippen LogP contribution >= 0.6 is 0 Å². The third-order valence-corrected chi connectivity index (χ3v) is 10.6. The van der Waals surface area contributed by atoms with E-state index in [2.05, 4.69) is 228 Å². The molecule has 1 aromatic heterocycles. The predicted octanol–water partition coefficient (Wildman–Crippen LogP) is 14.4. The molecule has 0 aliphatic rings. The number of rotatable bonds is 7.